The molecule has 1 N–H and O–H groups in total. The number of rotatable bonds is 4. The summed E-state index contributed by atoms with van der Waals surface area (Å²) >= 11 is 0.282. The van der Waals surface area contributed by atoms with Crippen LogP contribution in [-0.2, 0) is 21.6 Å². The summed E-state index contributed by atoms with van der Waals surface area (Å²) < 4.78 is 26.6. The summed E-state index contributed by atoms with van der Waals surface area (Å²) in [5.74, 6) is 1.09. The van der Waals surface area contributed by atoms with Crippen LogP contribution in [0.4, 0.5) is 0 Å². The van der Waals surface area contributed by atoms with Crippen molar-refractivity contribution in [3.63, 3.8) is 0 Å². The molecule has 0 spiro atoms. The second-order valence-electron chi connectivity index (χ2n) is 5.09. The monoisotopic (exact) mass is 440 g/mol. The number of aldehydes is 1. The number of allylic oxidation sites excluding steroid dienone is 1. The van der Waals surface area contributed by atoms with Crippen molar-refractivity contribution in [3.8, 4) is 5.75 Å². The molecule has 1 aliphatic heterocycles. The fourth-order valence-electron chi connectivity index (χ4n) is 2.49. The highest BCUT2D eigenvalue weighted by Gasteiger charge is 2.28. The third kappa shape index (κ3) is 3.39. The number of carbonyl (C=O) groups excluding carboxylic acids is 1. The lowest BCUT2D eigenvalue weighted by molar-refractivity contribution is -0.108. The number of ether oxygens (including phenoxy) is 1. The molecule has 2 atom stereocenters. The third-order valence-corrected chi connectivity index (χ3v) is 5.34. The van der Waals surface area contributed by atoms with Crippen molar-refractivity contribution in [2.45, 2.75) is 11.7 Å². The highest BCUT2D eigenvalue weighted by molar-refractivity contribution is 14.1. The minimum absolute atomic E-state index is 0.0943. The van der Waals surface area contributed by atoms with E-state index in [1.165, 1.54) is 0 Å². The van der Waals surface area contributed by atoms with E-state index in [0.717, 1.165) is 26.6 Å². The van der Waals surface area contributed by atoms with Crippen LogP contribution in [0.3, 0.4) is 0 Å². The fraction of sp³-hybridized carbons (Fsp3) is 0.118. The summed E-state index contributed by atoms with van der Waals surface area (Å²) in [6, 6.07) is 14.8. The molecule has 3 rings (SSSR count). The number of halogens is 1. The van der Waals surface area contributed by atoms with Gasteiger partial charge in [0.2, 0.25) is 0 Å². The Balaban J connectivity index is 1.99. The van der Waals surface area contributed by atoms with Gasteiger partial charge < -0.3 is 14.1 Å². The maximum absolute atomic E-state index is 11.5. The van der Waals surface area contributed by atoms with Crippen molar-refractivity contribution in [2.24, 2.45) is 0 Å². The van der Waals surface area contributed by atoms with Gasteiger partial charge in [-0.15, -0.1) is 0 Å². The quantitative estimate of drug-likeness (QED) is 0.445. The van der Waals surface area contributed by atoms with Crippen LogP contribution in [0.15, 0.2) is 52.1 Å². The number of hydrogen-bond donors (Lipinski definition) is 1. The average molecular weight is 440 g/mol. The van der Waals surface area contributed by atoms with Crippen molar-refractivity contribution in [1.29, 1.82) is 0 Å². The van der Waals surface area contributed by atoms with Crippen molar-refractivity contribution in [3.05, 3.63) is 68.8 Å². The van der Waals surface area contributed by atoms with E-state index in [1.807, 2.05) is 36.4 Å². The van der Waals surface area contributed by atoms with Crippen LogP contribution in [0.1, 0.15) is 22.6 Å². The SMILES string of the molecule is O=CC1C(I)=C(c2ccc(CS(=O)O)cc2)Oc2ccccc21. The highest BCUT2D eigenvalue weighted by Crippen LogP contribution is 2.43. The Hall–Kier alpha value is -1.51. The molecular formula is C17H13IO4S. The van der Waals surface area contributed by atoms with Crippen LogP contribution >= 0.6 is 22.6 Å². The molecule has 4 nitrogen and oxygen atoms in total. The molecule has 0 bridgehead atoms. The molecule has 0 saturated heterocycles. The molecule has 2 unspecified atom stereocenters. The van der Waals surface area contributed by atoms with E-state index in [4.69, 9.17) is 9.29 Å². The zero-order valence-electron chi connectivity index (χ0n) is 11.9. The predicted octanol–water partition coefficient (Wildman–Crippen LogP) is 3.89. The summed E-state index contributed by atoms with van der Waals surface area (Å²) in [5.41, 5.74) is 2.47. The minimum atomic E-state index is -1.86. The van der Waals surface area contributed by atoms with E-state index < -0.39 is 11.1 Å². The summed E-state index contributed by atoms with van der Waals surface area (Å²) in [4.78, 5) is 11.5. The molecule has 0 saturated carbocycles. The van der Waals surface area contributed by atoms with Crippen LogP contribution in [0.25, 0.3) is 5.76 Å². The molecule has 0 aromatic heterocycles. The van der Waals surface area contributed by atoms with Crippen LogP contribution < -0.4 is 4.74 Å². The molecule has 0 radical (unpaired) electrons. The summed E-state index contributed by atoms with van der Waals surface area (Å²) in [5, 5.41) is 0. The predicted molar refractivity (Wildman–Crippen MR) is 97.7 cm³/mol. The molecule has 0 fully saturated rings. The van der Waals surface area contributed by atoms with Gasteiger partial charge in [0.25, 0.3) is 0 Å². The molecule has 0 amide bonds. The molecule has 0 aliphatic carbocycles. The Morgan fingerprint density at radius 2 is 1.87 bits per heavy atom. The first-order valence-electron chi connectivity index (χ1n) is 6.88. The van der Waals surface area contributed by atoms with Gasteiger partial charge in [0.05, 0.1) is 11.7 Å². The summed E-state index contributed by atoms with van der Waals surface area (Å²) in [6.07, 6.45) is 0.923. The lowest BCUT2D eigenvalue weighted by atomic mass is 9.95. The largest absolute Gasteiger partial charge is 0.456 e. The van der Waals surface area contributed by atoms with E-state index in [0.29, 0.717) is 11.5 Å². The third-order valence-electron chi connectivity index (χ3n) is 3.60. The van der Waals surface area contributed by atoms with E-state index in [2.05, 4.69) is 22.6 Å². The smallest absolute Gasteiger partial charge is 0.157 e. The average Bonchev–Trinajstić information content (AvgIpc) is 2.55. The van der Waals surface area contributed by atoms with Gasteiger partial charge in [0.15, 0.2) is 11.1 Å². The van der Waals surface area contributed by atoms with Crippen molar-refractivity contribution in [1.82, 2.24) is 0 Å². The first-order chi connectivity index (χ1) is 11.1. The zero-order valence-corrected chi connectivity index (χ0v) is 14.9. The van der Waals surface area contributed by atoms with Gasteiger partial charge in [-0.3, -0.25) is 0 Å². The molecule has 118 valence electrons. The van der Waals surface area contributed by atoms with Gasteiger partial charge in [0, 0.05) is 14.7 Å². The second-order valence-corrected chi connectivity index (χ2v) is 7.19. The molecule has 1 aliphatic rings. The maximum atomic E-state index is 11.5. The first-order valence-corrected chi connectivity index (χ1v) is 9.24. The molecule has 2 aromatic carbocycles. The van der Waals surface area contributed by atoms with E-state index >= 15 is 0 Å². The van der Waals surface area contributed by atoms with Crippen molar-refractivity contribution >= 4 is 45.7 Å². The topological polar surface area (TPSA) is 63.6 Å². The van der Waals surface area contributed by atoms with Crippen LogP contribution in [-0.4, -0.2) is 15.0 Å². The van der Waals surface area contributed by atoms with Gasteiger partial charge in [0.1, 0.15) is 17.8 Å². The van der Waals surface area contributed by atoms with Gasteiger partial charge in [-0.1, -0.05) is 42.5 Å². The summed E-state index contributed by atoms with van der Waals surface area (Å²) in [7, 11) is 0. The Morgan fingerprint density at radius 1 is 1.17 bits per heavy atom. The standard InChI is InChI=1S/C17H13IO4S/c18-16-14(9-19)13-3-1-2-4-15(13)22-17(16)12-7-5-11(6-8-12)10-23(20)21/h1-9,14H,10H2,(H,20,21). The molecule has 1 heterocycles. The van der Waals surface area contributed by atoms with Gasteiger partial charge in [-0.25, -0.2) is 4.21 Å². The molecular weight excluding hydrogens is 427 g/mol. The Bertz CT molecular complexity index is 798. The molecule has 6 heteroatoms. The molecule has 23 heavy (non-hydrogen) atoms. The van der Waals surface area contributed by atoms with Crippen LogP contribution in [0.5, 0.6) is 5.75 Å². The first kappa shape index (κ1) is 16.4. The van der Waals surface area contributed by atoms with Gasteiger partial charge >= 0.3 is 0 Å². The van der Waals surface area contributed by atoms with E-state index in [-0.39, 0.29) is 11.7 Å². The van der Waals surface area contributed by atoms with E-state index in [1.54, 1.807) is 12.1 Å². The maximum Gasteiger partial charge on any atom is 0.157 e. The summed E-state index contributed by atoms with van der Waals surface area (Å²) in [6.45, 7) is 0. The van der Waals surface area contributed by atoms with Gasteiger partial charge in [-0.2, -0.15) is 0 Å². The van der Waals surface area contributed by atoms with Crippen molar-refractivity contribution < 1.29 is 18.3 Å². The number of benzene rings is 2. The number of hydrogen-bond acceptors (Lipinski definition) is 3. The van der Waals surface area contributed by atoms with E-state index in [9.17, 15) is 9.00 Å². The fourth-order valence-corrected chi connectivity index (χ4v) is 3.87. The van der Waals surface area contributed by atoms with Gasteiger partial charge in [-0.05, 0) is 34.2 Å². The van der Waals surface area contributed by atoms with Crippen LogP contribution in [0.2, 0.25) is 0 Å². The highest BCUT2D eigenvalue weighted by atomic mass is 127. The van der Waals surface area contributed by atoms with Crippen molar-refractivity contribution in [2.75, 3.05) is 0 Å². The second kappa shape index (κ2) is 6.94. The number of fused-ring (bicyclic) bond motifs is 1. The number of carbonyl (C=O) groups is 1. The molecule has 2 aromatic rings. The number of para-hydroxylation sites is 1. The lowest BCUT2D eigenvalue weighted by Gasteiger charge is -2.25. The lowest BCUT2D eigenvalue weighted by Crippen LogP contribution is -2.13. The Kier molecular flexibility index (Phi) is 4.93. The minimum Gasteiger partial charge on any atom is -0.456 e. The zero-order chi connectivity index (χ0) is 16.4. The Labute approximate surface area is 150 Å². The normalized spacial score (nSPS) is 18.1. The van der Waals surface area contributed by atoms with Crippen LogP contribution in [0, 0.1) is 0 Å². The Morgan fingerprint density at radius 3 is 2.52 bits per heavy atom.